The highest BCUT2D eigenvalue weighted by Gasteiger charge is 2.19. The van der Waals surface area contributed by atoms with E-state index in [0.29, 0.717) is 0 Å². The third-order valence-corrected chi connectivity index (χ3v) is 4.65. The summed E-state index contributed by atoms with van der Waals surface area (Å²) in [4.78, 5) is 10.6. The van der Waals surface area contributed by atoms with Gasteiger partial charge >= 0.3 is 5.97 Å². The molecule has 0 radical (unpaired) electrons. The SMILES string of the molecule is O=C(O)c1ccc(S(=O)(=O)Nc2ccc(F)cc2Cl)cc1Cl. The van der Waals surface area contributed by atoms with Gasteiger partial charge in [-0.15, -0.1) is 0 Å². The zero-order chi connectivity index (χ0) is 16.5. The van der Waals surface area contributed by atoms with Crippen molar-refractivity contribution in [3.63, 3.8) is 0 Å². The Balaban J connectivity index is 2.38. The molecule has 0 bridgehead atoms. The van der Waals surface area contributed by atoms with E-state index in [1.807, 2.05) is 0 Å². The minimum Gasteiger partial charge on any atom is -0.478 e. The predicted octanol–water partition coefficient (Wildman–Crippen LogP) is 3.63. The summed E-state index contributed by atoms with van der Waals surface area (Å²) in [5.74, 6) is -1.88. The highest BCUT2D eigenvalue weighted by Crippen LogP contribution is 2.27. The van der Waals surface area contributed by atoms with Crippen LogP contribution in [-0.2, 0) is 10.0 Å². The standard InChI is InChI=1S/C13H8Cl2FNO4S/c14-10-6-8(2-3-9(10)13(18)19)22(20,21)17-12-4-1-7(16)5-11(12)15/h1-6,17H,(H,18,19). The molecular weight excluding hydrogens is 356 g/mol. The van der Waals surface area contributed by atoms with Crippen LogP contribution in [0.3, 0.4) is 0 Å². The van der Waals surface area contributed by atoms with Crippen molar-refractivity contribution in [2.24, 2.45) is 0 Å². The van der Waals surface area contributed by atoms with E-state index in [1.165, 1.54) is 6.07 Å². The number of halogens is 3. The van der Waals surface area contributed by atoms with Crippen molar-refractivity contribution in [3.8, 4) is 0 Å². The number of hydrogen-bond acceptors (Lipinski definition) is 3. The molecule has 5 nitrogen and oxygen atoms in total. The van der Waals surface area contributed by atoms with Crippen molar-refractivity contribution in [2.75, 3.05) is 4.72 Å². The Morgan fingerprint density at radius 1 is 1.09 bits per heavy atom. The number of nitrogens with one attached hydrogen (secondary N) is 1. The van der Waals surface area contributed by atoms with Gasteiger partial charge in [0.25, 0.3) is 10.0 Å². The van der Waals surface area contributed by atoms with Crippen molar-refractivity contribution in [1.82, 2.24) is 0 Å². The van der Waals surface area contributed by atoms with Crippen LogP contribution in [0.15, 0.2) is 41.3 Å². The second-order valence-corrected chi connectivity index (χ2v) is 6.67. The van der Waals surface area contributed by atoms with Crippen LogP contribution in [-0.4, -0.2) is 19.5 Å². The van der Waals surface area contributed by atoms with Crippen LogP contribution in [0.2, 0.25) is 10.0 Å². The first-order chi connectivity index (χ1) is 10.2. The summed E-state index contributed by atoms with van der Waals surface area (Å²) in [6.45, 7) is 0. The lowest BCUT2D eigenvalue weighted by Gasteiger charge is -2.10. The topological polar surface area (TPSA) is 83.5 Å². The highest BCUT2D eigenvalue weighted by atomic mass is 35.5. The van der Waals surface area contributed by atoms with Crippen LogP contribution < -0.4 is 4.72 Å². The number of carbonyl (C=O) groups is 1. The lowest BCUT2D eigenvalue weighted by molar-refractivity contribution is 0.0697. The van der Waals surface area contributed by atoms with E-state index in [2.05, 4.69) is 4.72 Å². The van der Waals surface area contributed by atoms with Gasteiger partial charge in [-0.3, -0.25) is 4.72 Å². The van der Waals surface area contributed by atoms with Gasteiger partial charge in [0.15, 0.2) is 0 Å². The molecule has 0 aliphatic carbocycles. The zero-order valence-electron chi connectivity index (χ0n) is 10.7. The van der Waals surface area contributed by atoms with Gasteiger partial charge in [-0.1, -0.05) is 23.2 Å². The van der Waals surface area contributed by atoms with Crippen molar-refractivity contribution >= 4 is 44.9 Å². The fraction of sp³-hybridized carbons (Fsp3) is 0. The number of benzene rings is 2. The number of carboxylic acids is 1. The van der Waals surface area contributed by atoms with E-state index >= 15 is 0 Å². The Kier molecular flexibility index (Phi) is 4.60. The number of aromatic carboxylic acids is 1. The average molecular weight is 364 g/mol. The molecule has 0 heterocycles. The van der Waals surface area contributed by atoms with E-state index < -0.39 is 21.8 Å². The summed E-state index contributed by atoms with van der Waals surface area (Å²) in [7, 11) is -4.05. The van der Waals surface area contributed by atoms with Crippen molar-refractivity contribution < 1.29 is 22.7 Å². The molecule has 2 aromatic carbocycles. The number of anilines is 1. The molecule has 0 amide bonds. The average Bonchev–Trinajstić information content (AvgIpc) is 2.41. The molecule has 0 aliphatic heterocycles. The van der Waals surface area contributed by atoms with Gasteiger partial charge in [-0.25, -0.2) is 17.6 Å². The van der Waals surface area contributed by atoms with Crippen molar-refractivity contribution in [2.45, 2.75) is 4.90 Å². The molecular formula is C13H8Cl2FNO4S. The molecule has 9 heteroatoms. The monoisotopic (exact) mass is 363 g/mol. The van der Waals surface area contributed by atoms with E-state index in [-0.39, 0.29) is 26.2 Å². The maximum Gasteiger partial charge on any atom is 0.337 e. The fourth-order valence-electron chi connectivity index (χ4n) is 1.61. The zero-order valence-corrected chi connectivity index (χ0v) is 13.0. The molecule has 2 rings (SSSR count). The predicted molar refractivity (Wildman–Crippen MR) is 80.6 cm³/mol. The number of carboxylic acid groups (broad SMARTS) is 1. The first-order valence-electron chi connectivity index (χ1n) is 5.71. The van der Waals surface area contributed by atoms with Crippen LogP contribution >= 0.6 is 23.2 Å². The molecule has 2 aromatic rings. The molecule has 0 saturated carbocycles. The lowest BCUT2D eigenvalue weighted by atomic mass is 10.2. The van der Waals surface area contributed by atoms with Gasteiger partial charge in [0.2, 0.25) is 0 Å². The number of sulfonamides is 1. The summed E-state index contributed by atoms with van der Waals surface area (Å²) in [5.41, 5.74) is -0.234. The molecule has 0 spiro atoms. The van der Waals surface area contributed by atoms with Crippen molar-refractivity contribution in [1.29, 1.82) is 0 Å². The van der Waals surface area contributed by atoms with E-state index in [9.17, 15) is 17.6 Å². The van der Waals surface area contributed by atoms with Crippen LogP contribution in [0.4, 0.5) is 10.1 Å². The molecule has 0 unspecified atom stereocenters. The Morgan fingerprint density at radius 2 is 1.77 bits per heavy atom. The molecule has 0 aromatic heterocycles. The van der Waals surface area contributed by atoms with Crippen LogP contribution in [0.1, 0.15) is 10.4 Å². The Labute approximate surface area is 135 Å². The summed E-state index contributed by atoms with van der Waals surface area (Å²) in [6.07, 6.45) is 0. The first-order valence-corrected chi connectivity index (χ1v) is 7.95. The van der Waals surface area contributed by atoms with E-state index in [4.69, 9.17) is 28.3 Å². The lowest BCUT2D eigenvalue weighted by Crippen LogP contribution is -2.14. The molecule has 0 saturated heterocycles. The first kappa shape index (κ1) is 16.5. The van der Waals surface area contributed by atoms with Gasteiger partial charge in [0.1, 0.15) is 5.82 Å². The Bertz CT molecular complexity index is 855. The fourth-order valence-corrected chi connectivity index (χ4v) is 3.31. The maximum atomic E-state index is 12.9. The van der Waals surface area contributed by atoms with Gasteiger partial charge in [-0.05, 0) is 36.4 Å². The van der Waals surface area contributed by atoms with E-state index in [0.717, 1.165) is 30.3 Å². The highest BCUT2D eigenvalue weighted by molar-refractivity contribution is 7.92. The second kappa shape index (κ2) is 6.12. The smallest absolute Gasteiger partial charge is 0.337 e. The minimum atomic E-state index is -4.05. The normalized spacial score (nSPS) is 11.2. The summed E-state index contributed by atoms with van der Waals surface area (Å²) < 4.78 is 39.5. The van der Waals surface area contributed by atoms with Crippen LogP contribution in [0, 0.1) is 5.82 Å². The number of hydrogen-bond donors (Lipinski definition) is 2. The van der Waals surface area contributed by atoms with Gasteiger partial charge in [0.05, 0.1) is 26.2 Å². The molecule has 0 atom stereocenters. The quantitative estimate of drug-likeness (QED) is 0.868. The molecule has 2 N–H and O–H groups in total. The van der Waals surface area contributed by atoms with Gasteiger partial charge < -0.3 is 5.11 Å². The Morgan fingerprint density at radius 3 is 2.32 bits per heavy atom. The third-order valence-electron chi connectivity index (χ3n) is 2.66. The van der Waals surface area contributed by atoms with Crippen molar-refractivity contribution in [3.05, 3.63) is 57.8 Å². The largest absolute Gasteiger partial charge is 0.478 e. The second-order valence-electron chi connectivity index (χ2n) is 4.18. The maximum absolute atomic E-state index is 12.9. The third kappa shape index (κ3) is 3.49. The molecule has 116 valence electrons. The minimum absolute atomic E-state index is 0.0125. The Hall–Kier alpha value is -1.83. The summed E-state index contributed by atoms with van der Waals surface area (Å²) in [5, 5.41) is 8.52. The molecule has 22 heavy (non-hydrogen) atoms. The van der Waals surface area contributed by atoms with E-state index in [1.54, 1.807) is 0 Å². The van der Waals surface area contributed by atoms with Crippen LogP contribution in [0.25, 0.3) is 0 Å². The molecule has 0 aliphatic rings. The van der Waals surface area contributed by atoms with Gasteiger partial charge in [0, 0.05) is 0 Å². The van der Waals surface area contributed by atoms with Crippen LogP contribution in [0.5, 0.6) is 0 Å². The number of rotatable bonds is 4. The summed E-state index contributed by atoms with van der Waals surface area (Å²) in [6, 6.07) is 6.35. The molecule has 0 fully saturated rings. The summed E-state index contributed by atoms with van der Waals surface area (Å²) >= 11 is 11.5. The van der Waals surface area contributed by atoms with Gasteiger partial charge in [-0.2, -0.15) is 0 Å².